The Labute approximate surface area is 148 Å². The predicted molar refractivity (Wildman–Crippen MR) is 79.2 cm³/mol. The lowest BCUT2D eigenvalue weighted by Crippen LogP contribution is -3.09. The van der Waals surface area contributed by atoms with Crippen LogP contribution in [0.4, 0.5) is 26.3 Å². The van der Waals surface area contributed by atoms with Crippen molar-refractivity contribution in [3.8, 4) is 0 Å². The number of hydrogen-bond donors (Lipinski definition) is 1. The summed E-state index contributed by atoms with van der Waals surface area (Å²) in [7, 11) is 0. The second-order valence-electron chi connectivity index (χ2n) is 5.17. The smallest absolute Gasteiger partial charge is 0.466 e. The first-order chi connectivity index (χ1) is 11.4. The van der Waals surface area contributed by atoms with Crippen LogP contribution >= 0.6 is 15.9 Å². The third kappa shape index (κ3) is 7.07. The molecule has 2 rings (SSSR count). The van der Waals surface area contributed by atoms with Gasteiger partial charge in [0.2, 0.25) is 5.70 Å². The van der Waals surface area contributed by atoms with E-state index in [2.05, 4.69) is 15.9 Å². The number of carboxylic acids is 1. The predicted octanol–water partition coefficient (Wildman–Crippen LogP) is 2.33. The standard InChI is InChI=1S/C13H13BrF3N.C2HF3O2/c14-11-6-2-1-5-10(11)9-12(13(15,16)17)18-7-3-4-8-18;3-2(4,5)1(6)7/h1-2,5-6,9H,3-4,7-8H2;(H,6,7)/b12-9+;. The number of rotatable bonds is 2. The molecule has 1 aliphatic heterocycles. The number of hydrogen-bond acceptors (Lipinski definition) is 2. The molecule has 1 fully saturated rings. The summed E-state index contributed by atoms with van der Waals surface area (Å²) < 4.78 is 71.5. The Morgan fingerprint density at radius 3 is 1.92 bits per heavy atom. The minimum absolute atomic E-state index is 0.466. The van der Waals surface area contributed by atoms with E-state index in [9.17, 15) is 26.3 Å². The topological polar surface area (TPSA) is 44.6 Å². The van der Waals surface area contributed by atoms with E-state index < -0.39 is 24.0 Å². The van der Waals surface area contributed by atoms with Gasteiger partial charge in [-0.3, -0.25) is 4.90 Å². The molecule has 1 aromatic rings. The van der Waals surface area contributed by atoms with Crippen LogP contribution in [0.2, 0.25) is 0 Å². The average molecular weight is 434 g/mol. The minimum atomic E-state index is -5.19. The number of alkyl halides is 6. The molecule has 1 aromatic carbocycles. The van der Waals surface area contributed by atoms with Crippen molar-refractivity contribution in [3.63, 3.8) is 0 Å². The summed E-state index contributed by atoms with van der Waals surface area (Å²) in [4.78, 5) is 9.32. The lowest BCUT2D eigenvalue weighted by Gasteiger charge is -2.18. The normalized spacial score (nSPS) is 16.4. The van der Waals surface area contributed by atoms with E-state index in [-0.39, 0.29) is 0 Å². The Kier molecular flexibility index (Phi) is 7.48. The third-order valence-corrected chi connectivity index (χ3v) is 4.05. The van der Waals surface area contributed by atoms with E-state index in [4.69, 9.17) is 9.90 Å². The second-order valence-corrected chi connectivity index (χ2v) is 6.03. The second kappa shape index (κ2) is 8.70. The van der Waals surface area contributed by atoms with Gasteiger partial charge >= 0.3 is 12.4 Å². The van der Waals surface area contributed by atoms with Gasteiger partial charge in [-0.25, -0.2) is 0 Å². The molecule has 1 heterocycles. The number of carbonyl (C=O) groups is 1. The lowest BCUT2D eigenvalue weighted by atomic mass is 10.2. The Morgan fingerprint density at radius 1 is 1.04 bits per heavy atom. The van der Waals surface area contributed by atoms with E-state index in [0.717, 1.165) is 12.8 Å². The first-order valence-corrected chi connectivity index (χ1v) is 7.89. The fourth-order valence-corrected chi connectivity index (χ4v) is 2.60. The van der Waals surface area contributed by atoms with Crippen LogP contribution in [-0.4, -0.2) is 31.4 Å². The van der Waals surface area contributed by atoms with Gasteiger partial charge in [0.15, 0.2) is 0 Å². The van der Waals surface area contributed by atoms with Gasteiger partial charge in [-0.15, -0.1) is 0 Å². The number of allylic oxidation sites excluding steroid dienone is 1. The molecule has 10 heteroatoms. The highest BCUT2D eigenvalue weighted by molar-refractivity contribution is 9.10. The van der Waals surface area contributed by atoms with Crippen LogP contribution in [0.25, 0.3) is 6.08 Å². The molecule has 0 amide bonds. The van der Waals surface area contributed by atoms with Gasteiger partial charge in [-0.2, -0.15) is 26.3 Å². The first-order valence-electron chi connectivity index (χ1n) is 7.09. The van der Waals surface area contributed by atoms with Crippen molar-refractivity contribution >= 4 is 28.0 Å². The van der Waals surface area contributed by atoms with Crippen LogP contribution in [0.1, 0.15) is 18.4 Å². The SMILES string of the molecule is FC(F)(F)/C(=C\c1ccccc1Br)[NH+]1CCCC1.O=C([O-])C(F)(F)F. The van der Waals surface area contributed by atoms with Crippen LogP contribution < -0.4 is 10.0 Å². The maximum Gasteiger partial charge on any atom is 0.466 e. The van der Waals surface area contributed by atoms with E-state index in [1.807, 2.05) is 0 Å². The van der Waals surface area contributed by atoms with Crippen molar-refractivity contribution < 1.29 is 41.1 Å². The summed E-state index contributed by atoms with van der Waals surface area (Å²) in [5.74, 6) is -3.01. The molecule has 0 aromatic heterocycles. The largest absolute Gasteiger partial charge is 0.542 e. The van der Waals surface area contributed by atoms with E-state index in [0.29, 0.717) is 28.0 Å². The molecule has 1 N–H and O–H groups in total. The molecule has 0 bridgehead atoms. The highest BCUT2D eigenvalue weighted by Gasteiger charge is 2.43. The van der Waals surface area contributed by atoms with Gasteiger partial charge in [0.05, 0.1) is 13.1 Å². The Morgan fingerprint density at radius 2 is 1.52 bits per heavy atom. The number of likely N-dealkylation sites (tertiary alicyclic amines) is 1. The number of nitrogens with one attached hydrogen (secondary N) is 1. The monoisotopic (exact) mass is 433 g/mol. The molecule has 0 aliphatic carbocycles. The highest BCUT2D eigenvalue weighted by Crippen LogP contribution is 2.26. The fourth-order valence-electron chi connectivity index (χ4n) is 2.20. The summed E-state index contributed by atoms with van der Waals surface area (Å²) in [6.07, 6.45) is -6.49. The van der Waals surface area contributed by atoms with Crippen LogP contribution in [0, 0.1) is 0 Å². The first kappa shape index (κ1) is 21.5. The molecule has 25 heavy (non-hydrogen) atoms. The van der Waals surface area contributed by atoms with Crippen LogP contribution in [0.3, 0.4) is 0 Å². The maximum atomic E-state index is 13.1. The Hall–Kier alpha value is -1.55. The summed E-state index contributed by atoms with van der Waals surface area (Å²) in [5, 5.41) is 8.78. The van der Waals surface area contributed by atoms with Gasteiger partial charge in [-0.05, 0) is 11.6 Å². The van der Waals surface area contributed by atoms with Gasteiger partial charge < -0.3 is 9.90 Å². The van der Waals surface area contributed by atoms with Crippen molar-refractivity contribution in [1.82, 2.24) is 0 Å². The van der Waals surface area contributed by atoms with Gasteiger partial charge in [0, 0.05) is 23.4 Å². The lowest BCUT2D eigenvalue weighted by molar-refractivity contribution is -0.856. The van der Waals surface area contributed by atoms with Crippen molar-refractivity contribution in [2.45, 2.75) is 25.2 Å². The zero-order chi connectivity index (χ0) is 19.3. The van der Waals surface area contributed by atoms with Crippen molar-refractivity contribution in [2.75, 3.05) is 13.1 Å². The summed E-state index contributed by atoms with van der Waals surface area (Å²) in [6.45, 7) is 1.13. The number of quaternary nitrogens is 1. The molecule has 0 radical (unpaired) electrons. The van der Waals surface area contributed by atoms with E-state index in [1.54, 1.807) is 24.3 Å². The zero-order valence-corrected chi connectivity index (χ0v) is 14.3. The maximum absolute atomic E-state index is 13.1. The van der Waals surface area contributed by atoms with Gasteiger partial charge in [0.25, 0.3) is 0 Å². The third-order valence-electron chi connectivity index (χ3n) is 3.33. The van der Waals surface area contributed by atoms with E-state index >= 15 is 0 Å². The number of benzene rings is 1. The number of halogens is 7. The average Bonchev–Trinajstić information content (AvgIpc) is 2.98. The molecule has 0 unspecified atom stereocenters. The molecule has 140 valence electrons. The minimum Gasteiger partial charge on any atom is -0.542 e. The van der Waals surface area contributed by atoms with Crippen molar-refractivity contribution in [2.24, 2.45) is 0 Å². The number of carbonyl (C=O) groups excluding carboxylic acids is 1. The summed E-state index contributed by atoms with van der Waals surface area (Å²) in [6, 6.07) is 6.96. The van der Waals surface area contributed by atoms with E-state index in [1.165, 1.54) is 6.08 Å². The zero-order valence-electron chi connectivity index (χ0n) is 12.7. The van der Waals surface area contributed by atoms with Crippen LogP contribution in [0.5, 0.6) is 0 Å². The molecular weight excluding hydrogens is 420 g/mol. The van der Waals surface area contributed by atoms with Crippen molar-refractivity contribution in [3.05, 3.63) is 40.0 Å². The molecule has 3 nitrogen and oxygen atoms in total. The number of aliphatic carboxylic acids is 1. The molecule has 0 atom stereocenters. The quantitative estimate of drug-likeness (QED) is 0.727. The summed E-state index contributed by atoms with van der Waals surface area (Å²) in [5.41, 5.74) is 0.108. The summed E-state index contributed by atoms with van der Waals surface area (Å²) >= 11 is 3.28. The fraction of sp³-hybridized carbons (Fsp3) is 0.400. The molecule has 1 saturated heterocycles. The van der Waals surface area contributed by atoms with Crippen molar-refractivity contribution in [1.29, 1.82) is 0 Å². The molecule has 0 saturated carbocycles. The van der Waals surface area contributed by atoms with Gasteiger partial charge in [0.1, 0.15) is 5.97 Å². The number of carboxylic acid groups (broad SMARTS) is 1. The highest BCUT2D eigenvalue weighted by atomic mass is 79.9. The van der Waals surface area contributed by atoms with Gasteiger partial charge in [-0.1, -0.05) is 34.1 Å². The molecular formula is C15H14BrF6NO2. The Bertz CT molecular complexity index is 621. The molecule has 0 spiro atoms. The molecule has 1 aliphatic rings. The Balaban J connectivity index is 0.000000381. The van der Waals surface area contributed by atoms with Crippen LogP contribution in [0.15, 0.2) is 34.4 Å². The van der Waals surface area contributed by atoms with Crippen LogP contribution in [-0.2, 0) is 4.79 Å².